The molecule has 3 nitrogen and oxygen atoms in total. The lowest BCUT2D eigenvalue weighted by atomic mass is 10.0. The molecule has 7 heteroatoms. The Kier molecular flexibility index (Phi) is 4.98. The van der Waals surface area contributed by atoms with Crippen LogP contribution in [0.15, 0.2) is 36.5 Å². The third-order valence-electron chi connectivity index (χ3n) is 3.15. The number of nitrogens with zero attached hydrogens (tertiary/aromatic N) is 1. The van der Waals surface area contributed by atoms with Crippen LogP contribution in [0.1, 0.15) is 16.8 Å². The minimum absolute atomic E-state index is 0.00945. The number of Topliss-reactive ketones (excluding diaryl/α,β-unsaturated/α-hetero) is 1. The first-order chi connectivity index (χ1) is 10.8. The van der Waals surface area contributed by atoms with Gasteiger partial charge in [0.2, 0.25) is 0 Å². The van der Waals surface area contributed by atoms with Gasteiger partial charge in [0.1, 0.15) is 23.0 Å². The quantitative estimate of drug-likeness (QED) is 0.788. The van der Waals surface area contributed by atoms with Crippen LogP contribution in [0.25, 0.3) is 0 Å². The van der Waals surface area contributed by atoms with Crippen LogP contribution in [0.3, 0.4) is 0 Å². The molecule has 0 aliphatic carbocycles. The lowest BCUT2D eigenvalue weighted by Crippen LogP contribution is -2.10. The Morgan fingerprint density at radius 2 is 1.91 bits per heavy atom. The second kappa shape index (κ2) is 6.76. The van der Waals surface area contributed by atoms with Gasteiger partial charge in [-0.3, -0.25) is 9.78 Å². The van der Waals surface area contributed by atoms with Crippen molar-refractivity contribution in [3.63, 3.8) is 0 Å². The maximum atomic E-state index is 13.1. The van der Waals surface area contributed by atoms with Gasteiger partial charge >= 0.3 is 6.18 Å². The Hall–Kier alpha value is -2.44. The Morgan fingerprint density at radius 1 is 1.17 bits per heavy atom. The summed E-state index contributed by atoms with van der Waals surface area (Å²) in [5.74, 6) is -0.467. The molecule has 23 heavy (non-hydrogen) atoms. The molecular weight excluding hydrogens is 314 g/mol. The number of hydrogen-bond donors (Lipinski definition) is 0. The standard InChI is InChI=1S/C16H13F4NO2/c1-23-14-8-12(17)4-3-11(14)7-13(22)6-10-2-5-15(21-9-10)16(18,19)20/h2-5,8-9H,6-7H2,1H3. The minimum Gasteiger partial charge on any atom is -0.496 e. The van der Waals surface area contributed by atoms with E-state index < -0.39 is 17.7 Å². The average molecular weight is 327 g/mol. The molecule has 0 radical (unpaired) electrons. The van der Waals surface area contributed by atoms with Crippen molar-refractivity contribution >= 4 is 5.78 Å². The molecule has 1 heterocycles. The van der Waals surface area contributed by atoms with Gasteiger partial charge in [-0.15, -0.1) is 0 Å². The van der Waals surface area contributed by atoms with Gasteiger partial charge in [-0.05, 0) is 17.7 Å². The van der Waals surface area contributed by atoms with Gasteiger partial charge in [-0.1, -0.05) is 12.1 Å². The van der Waals surface area contributed by atoms with Gasteiger partial charge in [0.05, 0.1) is 7.11 Å². The second-order valence-corrected chi connectivity index (χ2v) is 4.90. The predicted molar refractivity (Wildman–Crippen MR) is 74.6 cm³/mol. The number of aromatic nitrogens is 1. The summed E-state index contributed by atoms with van der Waals surface area (Å²) in [7, 11) is 1.36. The molecule has 2 aromatic rings. The van der Waals surface area contributed by atoms with E-state index in [4.69, 9.17) is 4.74 Å². The van der Waals surface area contributed by atoms with E-state index in [1.54, 1.807) is 0 Å². The number of carbonyl (C=O) groups is 1. The van der Waals surface area contributed by atoms with Crippen LogP contribution in [0.5, 0.6) is 5.75 Å². The summed E-state index contributed by atoms with van der Waals surface area (Å²) < 4.78 is 55.3. The molecule has 0 atom stereocenters. The van der Waals surface area contributed by atoms with E-state index in [0.717, 1.165) is 12.3 Å². The Labute approximate surface area is 129 Å². The second-order valence-electron chi connectivity index (χ2n) is 4.90. The highest BCUT2D eigenvalue weighted by Crippen LogP contribution is 2.27. The van der Waals surface area contributed by atoms with Crippen molar-refractivity contribution < 1.29 is 27.1 Å². The third-order valence-corrected chi connectivity index (χ3v) is 3.15. The topological polar surface area (TPSA) is 39.2 Å². The van der Waals surface area contributed by atoms with E-state index in [-0.39, 0.29) is 24.4 Å². The molecule has 2 rings (SSSR count). The van der Waals surface area contributed by atoms with Crippen LogP contribution in [-0.4, -0.2) is 17.9 Å². The molecule has 0 aliphatic heterocycles. The molecule has 0 saturated carbocycles. The molecule has 122 valence electrons. The number of ketones is 1. The van der Waals surface area contributed by atoms with E-state index in [1.807, 2.05) is 0 Å². The van der Waals surface area contributed by atoms with E-state index >= 15 is 0 Å². The van der Waals surface area contributed by atoms with Crippen molar-refractivity contribution in [1.82, 2.24) is 4.98 Å². The first-order valence-corrected chi connectivity index (χ1v) is 6.66. The summed E-state index contributed by atoms with van der Waals surface area (Å²) in [5.41, 5.74) is -0.114. The molecule has 1 aromatic heterocycles. The fourth-order valence-corrected chi connectivity index (χ4v) is 2.06. The first-order valence-electron chi connectivity index (χ1n) is 6.66. The summed E-state index contributed by atoms with van der Waals surface area (Å²) >= 11 is 0. The summed E-state index contributed by atoms with van der Waals surface area (Å²) in [6, 6.07) is 5.88. The largest absolute Gasteiger partial charge is 0.496 e. The summed E-state index contributed by atoms with van der Waals surface area (Å²) in [4.78, 5) is 15.3. The highest BCUT2D eigenvalue weighted by molar-refractivity contribution is 5.83. The number of hydrogen-bond acceptors (Lipinski definition) is 3. The summed E-state index contributed by atoms with van der Waals surface area (Å²) in [5, 5.41) is 0. The van der Waals surface area contributed by atoms with Crippen LogP contribution < -0.4 is 4.74 Å². The average Bonchev–Trinajstić information content (AvgIpc) is 2.48. The molecule has 1 aromatic carbocycles. The van der Waals surface area contributed by atoms with Gasteiger partial charge in [0.25, 0.3) is 0 Å². The smallest absolute Gasteiger partial charge is 0.433 e. The zero-order valence-electron chi connectivity index (χ0n) is 12.2. The molecule has 0 bridgehead atoms. The van der Waals surface area contributed by atoms with Gasteiger partial charge in [0, 0.05) is 30.7 Å². The summed E-state index contributed by atoms with van der Waals surface area (Å²) in [6.07, 6.45) is -3.55. The Balaban J connectivity index is 2.05. The lowest BCUT2D eigenvalue weighted by Gasteiger charge is -2.09. The molecule has 0 amide bonds. The van der Waals surface area contributed by atoms with Crippen molar-refractivity contribution in [3.8, 4) is 5.75 Å². The fourth-order valence-electron chi connectivity index (χ4n) is 2.06. The molecule has 0 fully saturated rings. The number of pyridine rings is 1. The number of ether oxygens (including phenoxy) is 1. The molecule has 0 unspecified atom stereocenters. The van der Waals surface area contributed by atoms with Gasteiger partial charge < -0.3 is 4.74 Å². The number of benzene rings is 1. The maximum Gasteiger partial charge on any atom is 0.433 e. The zero-order valence-corrected chi connectivity index (χ0v) is 12.2. The van der Waals surface area contributed by atoms with Gasteiger partial charge in [-0.2, -0.15) is 13.2 Å². The van der Waals surface area contributed by atoms with Crippen molar-refractivity contribution in [3.05, 3.63) is 59.2 Å². The summed E-state index contributed by atoms with van der Waals surface area (Å²) in [6.45, 7) is 0. The number of rotatable bonds is 5. The normalized spacial score (nSPS) is 11.3. The fraction of sp³-hybridized carbons (Fsp3) is 0.250. The molecule has 0 N–H and O–H groups in total. The number of alkyl halides is 3. The van der Waals surface area contributed by atoms with Gasteiger partial charge in [0.15, 0.2) is 0 Å². The van der Waals surface area contributed by atoms with Crippen LogP contribution in [0.2, 0.25) is 0 Å². The van der Waals surface area contributed by atoms with E-state index in [0.29, 0.717) is 11.1 Å². The zero-order chi connectivity index (χ0) is 17.0. The lowest BCUT2D eigenvalue weighted by molar-refractivity contribution is -0.141. The van der Waals surface area contributed by atoms with Crippen LogP contribution in [0, 0.1) is 5.82 Å². The highest BCUT2D eigenvalue weighted by atomic mass is 19.4. The van der Waals surface area contributed by atoms with Crippen LogP contribution in [-0.2, 0) is 23.8 Å². The predicted octanol–water partition coefficient (Wildman–Crippen LogP) is 3.60. The van der Waals surface area contributed by atoms with Gasteiger partial charge in [-0.25, -0.2) is 4.39 Å². The number of carbonyl (C=O) groups excluding carboxylic acids is 1. The van der Waals surface area contributed by atoms with Crippen LogP contribution in [0.4, 0.5) is 17.6 Å². The molecule has 0 aliphatic rings. The number of halogens is 4. The van der Waals surface area contributed by atoms with Crippen molar-refractivity contribution in [1.29, 1.82) is 0 Å². The van der Waals surface area contributed by atoms with Crippen LogP contribution >= 0.6 is 0 Å². The molecular formula is C16H13F4NO2. The van der Waals surface area contributed by atoms with E-state index in [9.17, 15) is 22.4 Å². The SMILES string of the molecule is COc1cc(F)ccc1CC(=O)Cc1ccc(C(F)(F)F)nc1. The molecule has 0 spiro atoms. The van der Waals surface area contributed by atoms with E-state index in [2.05, 4.69) is 4.98 Å². The van der Waals surface area contributed by atoms with Crippen molar-refractivity contribution in [2.24, 2.45) is 0 Å². The Morgan fingerprint density at radius 3 is 2.48 bits per heavy atom. The first kappa shape index (κ1) is 16.9. The minimum atomic E-state index is -4.51. The number of methoxy groups -OCH3 is 1. The third kappa shape index (κ3) is 4.51. The highest BCUT2D eigenvalue weighted by Gasteiger charge is 2.32. The maximum absolute atomic E-state index is 13.1. The monoisotopic (exact) mass is 327 g/mol. The van der Waals surface area contributed by atoms with Crippen molar-refractivity contribution in [2.75, 3.05) is 7.11 Å². The molecule has 0 saturated heterocycles. The van der Waals surface area contributed by atoms with Crippen molar-refractivity contribution in [2.45, 2.75) is 19.0 Å². The Bertz CT molecular complexity index is 696. The van der Waals surface area contributed by atoms with E-state index in [1.165, 1.54) is 31.4 Å².